The molecule has 4 spiro atoms. The zero-order chi connectivity index (χ0) is 102. The predicted molar refractivity (Wildman–Crippen MR) is 571 cm³/mol. The second-order valence-corrected chi connectivity index (χ2v) is 59.1. The first-order valence-corrected chi connectivity index (χ1v) is 62.3. The fourth-order valence-electron chi connectivity index (χ4n) is 42.7. The normalized spacial score (nSPS) is 49.6. The smallest absolute Gasteiger partial charge is 0.371 e. The van der Waals surface area contributed by atoms with E-state index in [0.717, 1.165) is 195 Å². The number of likely N-dealkylation sites (tertiary alicyclic amines) is 1. The molecule has 6 heterocycles. The molecule has 0 radical (unpaired) electrons. The Morgan fingerprint density at radius 3 is 1.19 bits per heavy atom. The number of allylic oxidation sites excluding steroid dienone is 4. The number of hydrogen-bond acceptors (Lipinski definition) is 14. The van der Waals surface area contributed by atoms with Crippen molar-refractivity contribution in [1.82, 2.24) is 34.8 Å². The molecule has 808 valence electrons. The van der Waals surface area contributed by atoms with Crippen LogP contribution in [0.3, 0.4) is 0 Å². The Hall–Kier alpha value is -4.24. The van der Waals surface area contributed by atoms with Gasteiger partial charge in [0.1, 0.15) is 5.78 Å². The van der Waals surface area contributed by atoms with Gasteiger partial charge in [-0.1, -0.05) is 152 Å². The standard InChI is InChI=1S/C32H49N3O.C32H50N2O3.C31H49NO2.C29H48N2O3S.CO2/c1-19-6-8-25-22(4)32(36-30(25)14-19)13-11-26-27-9-7-23-15-24(35-18-21(3)33-34-35)10-12-31(23,5)29(27)16-28(26)20(2)17-32;1-19-13-28-30(34(17-19)18-29(36)33(5)6)21(3)32(37-28)12-10-24-25-8-7-22-14-23(35)9-11-31(22,4)27(25)15-26(24)20(2)16-32;1-18-6-8-24-20(3)31(34-29(24)14-18)13-11-25-26-9-7-22-15-23(32-21(4)33)10-12-30(22,5)28(26)16-27(25)19(2)17-31;1-17-5-7-22-19(3)29(34-27(22)13-17)12-10-23-24-8-6-20-14-21(31-35(30,32)33)9-11-28(20,4)26(24)15-25(23)18(2)16-29;2-1-3/h18-19,22-27,29-30H,6-17H2,1-5H3;19,21-22,24-25,27-28,30H,7-18H2,1-6H3;18,20,22-26,28-29H,6-17H2,1-5H3,(H,32,33);17,19-24,26-27,31H,5-16H2,1-4H3,(H2,30,32,33);/t19-,22-,23-,24+,25+,26+,27+,29+,30-,31+,32+;19-,21+,22+,24-,25-,27-,28+,30-,31-,32-;18-,20-,22-,23+,24+,25+,26+,28+,29-,30+,31+;17-,19-,20-,21+,22+,23+,24+,26+,27-,28+,29+;/m1011./s1. The Kier molecular flexibility index (Phi) is 29.7. The number of aromatic nitrogens is 3. The summed E-state index contributed by atoms with van der Waals surface area (Å²) in [6.07, 6.45) is 61.9. The molecule has 0 aromatic carbocycles. The number of nitrogens with two attached hydrogens (primary N) is 1. The van der Waals surface area contributed by atoms with Gasteiger partial charge in [-0.05, 0) is 473 Å². The number of ketones is 1. The molecule has 19 aliphatic carbocycles. The number of piperidine rings is 1. The molecule has 20 fully saturated rings. The predicted octanol–water partition coefficient (Wildman–Crippen LogP) is 25.4. The topological polar surface area (TPSA) is 244 Å². The summed E-state index contributed by atoms with van der Waals surface area (Å²) < 4.78 is 56.7. The highest BCUT2D eigenvalue weighted by Gasteiger charge is 2.67. The number of ether oxygens (including phenoxy) is 4. The molecule has 43 atom stereocenters. The van der Waals surface area contributed by atoms with Gasteiger partial charge in [-0.15, -0.1) is 5.10 Å². The van der Waals surface area contributed by atoms with Crippen LogP contribution in [0.4, 0.5) is 0 Å². The van der Waals surface area contributed by atoms with Crippen LogP contribution in [-0.2, 0) is 53.1 Å². The fraction of sp³-hybridized carbons (Fsp3) is 0.888. The molecule has 24 aliphatic rings. The Morgan fingerprint density at radius 2 is 0.800 bits per heavy atom. The molecule has 1 aromatic heterocycles. The summed E-state index contributed by atoms with van der Waals surface area (Å²) in [7, 11) is 0.117. The van der Waals surface area contributed by atoms with Gasteiger partial charge in [0.05, 0.1) is 65.1 Å². The third kappa shape index (κ3) is 19.1. The molecule has 20 heteroatoms. The average molecular weight is 2020 g/mol. The van der Waals surface area contributed by atoms with Gasteiger partial charge in [0.15, 0.2) is 0 Å². The highest BCUT2D eigenvalue weighted by molar-refractivity contribution is 7.87. The van der Waals surface area contributed by atoms with Gasteiger partial charge in [0, 0.05) is 70.6 Å². The number of nitrogens with zero attached hydrogens (tertiary/aromatic N) is 5. The lowest BCUT2D eigenvalue weighted by Gasteiger charge is -2.54. The Bertz CT molecular complexity index is 5240. The second kappa shape index (κ2) is 40.5. The number of rotatable bonds is 6. The van der Waals surface area contributed by atoms with Gasteiger partial charge in [0.2, 0.25) is 11.8 Å². The lowest BCUT2D eigenvalue weighted by molar-refractivity contribution is -0.191. The van der Waals surface area contributed by atoms with E-state index in [1.54, 1.807) is 45.3 Å². The summed E-state index contributed by atoms with van der Waals surface area (Å²) in [6, 6.07) is 1.32. The number of fused-ring (bicyclic) bond motifs is 24. The Labute approximate surface area is 875 Å². The third-order valence-electron chi connectivity index (χ3n) is 50.5. The van der Waals surface area contributed by atoms with Crippen LogP contribution in [0.2, 0.25) is 0 Å². The SMILES string of the molecule is CC(=O)N[C@H]1CC[C@@]2(C)[C@H](CC[C@H]3[C@@H]4CC[C@@]5(CC(C)=C4C[C@@H]32)O[C@@H]2C[C@H](C)CC[C@H]2[C@H]5C)C1.CC1=C2C[C@H]3[C@@H](CC[C@@H]4CC(=O)CC[C@@]43C)[C@@H]2CC[C@@]2(C1)O[C@@H]1C[C@H](C)CN(CC(=O)N(C)C)[C@H]1[C@H]2C.CC1=C2C[C@H]3[C@@H](CC[C@@H]4C[C@@H](NS(N)(=O)=O)CC[C@@]43C)[C@@H]2CC[C@@]2(C1)O[C@@H]1C[C@H](C)CC[C@H]1[C@H]2C.CC1=C2C[C@H]3[C@@H](CC[C@@H]4C[C@@H](n5cc(C)nn5)CC[C@@]43C)[C@@H]2CC[C@@]2(C1)O[C@@H]1C[C@H](C)CC[C@H]1[C@H]2C.O=C=O. The lowest BCUT2D eigenvalue weighted by atomic mass is 9.52. The maximum absolute atomic E-state index is 12.7. The second-order valence-electron chi connectivity index (χ2n) is 57.8. The van der Waals surface area contributed by atoms with Crippen molar-refractivity contribution in [3.8, 4) is 0 Å². The van der Waals surface area contributed by atoms with Crippen molar-refractivity contribution in [2.24, 2.45) is 187 Å². The minimum Gasteiger partial charge on any atom is -0.371 e. The molecule has 4 N–H and O–H groups in total. The van der Waals surface area contributed by atoms with Crippen LogP contribution in [0.1, 0.15) is 425 Å². The Balaban J connectivity index is 0.000000113. The van der Waals surface area contributed by atoms with Crippen molar-refractivity contribution < 1.29 is 51.3 Å². The number of carbonyl (C=O) groups excluding carboxylic acids is 5. The van der Waals surface area contributed by atoms with Crippen molar-refractivity contribution in [2.45, 2.75) is 491 Å². The maximum atomic E-state index is 12.7. The van der Waals surface area contributed by atoms with Crippen LogP contribution in [0.15, 0.2) is 50.8 Å². The molecule has 1 aromatic rings. The quantitative estimate of drug-likeness (QED) is 0.224. The minimum atomic E-state index is -3.62. The zero-order valence-corrected chi connectivity index (χ0v) is 94.8. The van der Waals surface area contributed by atoms with E-state index in [-0.39, 0.29) is 52.5 Å². The van der Waals surface area contributed by atoms with E-state index in [1.807, 2.05) is 25.2 Å². The van der Waals surface area contributed by atoms with Crippen molar-refractivity contribution in [3.05, 3.63) is 56.5 Å². The molecule has 19 nitrogen and oxygen atoms in total. The van der Waals surface area contributed by atoms with E-state index in [9.17, 15) is 22.8 Å². The number of aryl methyl sites for hydroxylation is 1. The van der Waals surface area contributed by atoms with Crippen molar-refractivity contribution in [1.29, 1.82) is 0 Å². The number of Topliss-reactive ketones (excluding diaryl/α,β-unsaturated/α-hetero) is 1. The van der Waals surface area contributed by atoms with E-state index in [2.05, 4.69) is 154 Å². The van der Waals surface area contributed by atoms with Crippen LogP contribution in [0, 0.1) is 188 Å². The van der Waals surface area contributed by atoms with E-state index < -0.39 is 10.2 Å². The van der Waals surface area contributed by atoms with E-state index in [0.29, 0.717) is 112 Å². The van der Waals surface area contributed by atoms with Crippen molar-refractivity contribution in [2.75, 3.05) is 27.2 Å². The monoisotopic (exact) mass is 2020 g/mol. The van der Waals surface area contributed by atoms with Crippen LogP contribution in [-0.4, -0.2) is 149 Å². The summed E-state index contributed by atoms with van der Waals surface area (Å²) in [5, 5.41) is 17.3. The van der Waals surface area contributed by atoms with Gasteiger partial charge < -0.3 is 29.2 Å². The molecule has 25 rings (SSSR count). The van der Waals surface area contributed by atoms with Crippen LogP contribution < -0.4 is 15.2 Å². The summed E-state index contributed by atoms with van der Waals surface area (Å²) in [6.45, 7) is 45.2. The van der Waals surface area contributed by atoms with Crippen LogP contribution in [0.5, 0.6) is 0 Å². The van der Waals surface area contributed by atoms with Crippen LogP contribution >= 0.6 is 0 Å². The van der Waals surface area contributed by atoms with Crippen molar-refractivity contribution in [3.63, 3.8) is 0 Å². The first-order valence-electron chi connectivity index (χ1n) is 60.8. The van der Waals surface area contributed by atoms with Gasteiger partial charge >= 0.3 is 6.15 Å². The zero-order valence-electron chi connectivity index (χ0n) is 93.9. The first kappa shape index (κ1) is 106. The molecular weight excluding hydrogens is 1820 g/mol. The van der Waals surface area contributed by atoms with E-state index in [1.165, 1.54) is 231 Å². The Morgan fingerprint density at radius 1 is 0.441 bits per heavy atom. The van der Waals surface area contributed by atoms with Gasteiger partial charge in [-0.3, -0.25) is 19.3 Å². The van der Waals surface area contributed by atoms with Gasteiger partial charge in [-0.25, -0.2) is 9.82 Å². The van der Waals surface area contributed by atoms with Gasteiger partial charge in [-0.2, -0.15) is 22.7 Å². The fourth-order valence-corrected chi connectivity index (χ4v) is 43.4. The summed E-state index contributed by atoms with van der Waals surface area (Å²) in [5.41, 5.74) is 17.0. The maximum Gasteiger partial charge on any atom is 0.373 e. The molecular formula is C125H196N8O11S. The van der Waals surface area contributed by atoms with Crippen molar-refractivity contribution >= 4 is 34.0 Å². The third-order valence-corrected chi connectivity index (χ3v) is 51.2. The summed E-state index contributed by atoms with van der Waals surface area (Å²) in [4.78, 5) is 57.1. The molecule has 15 saturated carbocycles. The molecule has 2 amide bonds. The van der Waals surface area contributed by atoms with Crippen LogP contribution in [0.25, 0.3) is 0 Å². The number of nitrogens with one attached hydrogen (secondary N) is 2. The highest BCUT2D eigenvalue weighted by atomic mass is 32.2. The minimum absolute atomic E-state index is 0.0135. The highest BCUT2D eigenvalue weighted by Crippen LogP contribution is 2.73. The molecule has 0 bridgehead atoms. The lowest BCUT2D eigenvalue weighted by Crippen LogP contribution is -2.54. The summed E-state index contributed by atoms with van der Waals surface area (Å²) >= 11 is 0. The van der Waals surface area contributed by atoms with E-state index in [4.69, 9.17) is 33.7 Å². The summed E-state index contributed by atoms with van der Waals surface area (Å²) in [5.74, 6) is 21.5. The molecule has 145 heavy (non-hydrogen) atoms. The first-order chi connectivity index (χ1) is 68.9. The number of hydrogen-bond donors (Lipinski definition) is 3. The number of amides is 2. The molecule has 5 aliphatic heterocycles. The largest absolute Gasteiger partial charge is 0.373 e. The number of likely N-dealkylation sites (N-methyl/N-ethyl adjacent to an activating group) is 1. The molecule has 5 saturated heterocycles. The van der Waals surface area contributed by atoms with Gasteiger partial charge in [0.25, 0.3) is 10.2 Å². The number of carbonyl (C=O) groups is 3. The average Bonchev–Trinajstić information content (AvgIpc) is 1.57. The van der Waals surface area contributed by atoms with E-state index >= 15 is 0 Å². The molecule has 0 unspecified atom stereocenters.